The van der Waals surface area contributed by atoms with Crippen molar-refractivity contribution < 1.29 is 19.1 Å². The van der Waals surface area contributed by atoms with Crippen LogP contribution in [0.2, 0.25) is 0 Å². The predicted molar refractivity (Wildman–Crippen MR) is 86.5 cm³/mol. The largest absolute Gasteiger partial charge is 0.486 e. The van der Waals surface area contributed by atoms with Crippen molar-refractivity contribution in [2.45, 2.75) is 25.5 Å². The Bertz CT molecular complexity index is 684. The molecule has 3 rings (SSSR count). The second-order valence-corrected chi connectivity index (χ2v) is 6.31. The Hall–Kier alpha value is -2.57. The van der Waals surface area contributed by atoms with E-state index in [2.05, 4.69) is 0 Å². The van der Waals surface area contributed by atoms with Crippen LogP contribution in [0.4, 0.5) is 4.79 Å². The Morgan fingerprint density at radius 3 is 2.46 bits per heavy atom. The summed E-state index contributed by atoms with van der Waals surface area (Å²) >= 11 is 0. The summed E-state index contributed by atoms with van der Waals surface area (Å²) in [6.45, 7) is 2.98. The summed E-state index contributed by atoms with van der Waals surface area (Å²) in [7, 11) is 2.98. The molecule has 0 N–H and O–H groups in total. The Morgan fingerprint density at radius 1 is 1.21 bits per heavy atom. The van der Waals surface area contributed by atoms with Crippen LogP contribution in [0.1, 0.15) is 12.0 Å². The number of hydrogen-bond acceptors (Lipinski definition) is 4. The molecule has 1 atom stereocenters. The molecule has 0 radical (unpaired) electrons. The Labute approximate surface area is 140 Å². The first kappa shape index (κ1) is 16.3. The van der Waals surface area contributed by atoms with E-state index in [4.69, 9.17) is 4.74 Å². The number of hydrogen-bond donors (Lipinski definition) is 0. The number of urea groups is 1. The van der Waals surface area contributed by atoms with Gasteiger partial charge in [0.05, 0.1) is 19.5 Å². The molecule has 1 aromatic carbocycles. The molecule has 1 aromatic rings. The molecule has 0 saturated carbocycles. The molecule has 128 valence electrons. The third-order valence-corrected chi connectivity index (χ3v) is 4.63. The van der Waals surface area contributed by atoms with Crippen LogP contribution in [0.25, 0.3) is 0 Å². The van der Waals surface area contributed by atoms with E-state index in [1.165, 1.54) is 11.9 Å². The van der Waals surface area contributed by atoms with Gasteiger partial charge in [-0.3, -0.25) is 14.5 Å². The number of rotatable bonds is 4. The van der Waals surface area contributed by atoms with Crippen molar-refractivity contribution in [1.82, 2.24) is 14.7 Å². The molecule has 4 amide bonds. The molecule has 2 fully saturated rings. The average Bonchev–Trinajstić information content (AvgIpc) is 2.70. The van der Waals surface area contributed by atoms with E-state index in [-0.39, 0.29) is 30.4 Å². The molecule has 0 aliphatic carbocycles. The fourth-order valence-corrected chi connectivity index (χ4v) is 2.96. The second-order valence-electron chi connectivity index (χ2n) is 6.31. The van der Waals surface area contributed by atoms with E-state index >= 15 is 0 Å². The van der Waals surface area contributed by atoms with Gasteiger partial charge < -0.3 is 14.5 Å². The van der Waals surface area contributed by atoms with Crippen molar-refractivity contribution in [3.8, 4) is 5.75 Å². The van der Waals surface area contributed by atoms with E-state index in [0.717, 1.165) is 16.2 Å². The molecule has 0 spiro atoms. The maximum atomic E-state index is 12.3. The van der Waals surface area contributed by atoms with Gasteiger partial charge >= 0.3 is 6.03 Å². The average molecular weight is 331 g/mol. The zero-order chi connectivity index (χ0) is 17.4. The maximum Gasteiger partial charge on any atom is 0.326 e. The van der Waals surface area contributed by atoms with E-state index in [0.29, 0.717) is 13.1 Å². The fraction of sp³-hybridized carbons (Fsp3) is 0.471. The Kier molecular flexibility index (Phi) is 4.17. The van der Waals surface area contributed by atoms with Crippen molar-refractivity contribution in [2.24, 2.45) is 0 Å². The van der Waals surface area contributed by atoms with Crippen LogP contribution in [0.3, 0.4) is 0 Å². The highest BCUT2D eigenvalue weighted by Crippen LogP contribution is 2.23. The lowest BCUT2D eigenvalue weighted by molar-refractivity contribution is -0.143. The van der Waals surface area contributed by atoms with Crippen LogP contribution in [0.15, 0.2) is 24.3 Å². The van der Waals surface area contributed by atoms with Crippen LogP contribution in [-0.2, 0) is 9.59 Å². The molecule has 7 heteroatoms. The molecule has 0 unspecified atom stereocenters. The normalized spacial score (nSPS) is 21.3. The fourth-order valence-electron chi connectivity index (χ4n) is 2.96. The first-order valence-electron chi connectivity index (χ1n) is 7.93. The molecule has 2 heterocycles. The number of imide groups is 1. The summed E-state index contributed by atoms with van der Waals surface area (Å²) in [5, 5.41) is 0. The van der Waals surface area contributed by atoms with E-state index in [9.17, 15) is 14.4 Å². The number of amides is 4. The zero-order valence-corrected chi connectivity index (χ0v) is 14.1. The highest BCUT2D eigenvalue weighted by atomic mass is 16.5. The van der Waals surface area contributed by atoms with Crippen LogP contribution in [-0.4, -0.2) is 71.9 Å². The number of para-hydroxylation sites is 1. The molecule has 2 aliphatic rings. The lowest BCUT2D eigenvalue weighted by atomic mass is 10.1. The highest BCUT2D eigenvalue weighted by Gasteiger charge is 2.43. The number of carbonyl (C=O) groups excluding carboxylic acids is 3. The Morgan fingerprint density at radius 2 is 1.88 bits per heavy atom. The first-order chi connectivity index (χ1) is 11.4. The topological polar surface area (TPSA) is 70.2 Å². The van der Waals surface area contributed by atoms with Gasteiger partial charge in [0.1, 0.15) is 17.9 Å². The molecular weight excluding hydrogens is 310 g/mol. The molecule has 0 bridgehead atoms. The summed E-state index contributed by atoms with van der Waals surface area (Å²) < 4.78 is 5.87. The zero-order valence-electron chi connectivity index (χ0n) is 14.1. The summed E-state index contributed by atoms with van der Waals surface area (Å²) in [5.74, 6) is 0.365. The van der Waals surface area contributed by atoms with Gasteiger partial charge in [0.15, 0.2) is 0 Å². The smallest absolute Gasteiger partial charge is 0.326 e. The number of aryl methyl sites for hydroxylation is 1. The predicted octanol–water partition coefficient (Wildman–Crippen LogP) is 0.867. The van der Waals surface area contributed by atoms with Crippen LogP contribution in [0.5, 0.6) is 5.75 Å². The summed E-state index contributed by atoms with van der Waals surface area (Å²) in [4.78, 5) is 40.1. The van der Waals surface area contributed by atoms with Crippen molar-refractivity contribution in [3.63, 3.8) is 0 Å². The third kappa shape index (κ3) is 2.81. The molecule has 0 aromatic heterocycles. The summed E-state index contributed by atoms with van der Waals surface area (Å²) in [6.07, 6.45) is -0.0148. The number of likely N-dealkylation sites (tertiary alicyclic amines) is 1. The number of likely N-dealkylation sites (N-methyl/N-ethyl adjacent to an activating group) is 2. The van der Waals surface area contributed by atoms with E-state index in [1.807, 2.05) is 31.2 Å². The quantitative estimate of drug-likeness (QED) is 0.768. The molecule has 7 nitrogen and oxygen atoms in total. The van der Waals surface area contributed by atoms with E-state index < -0.39 is 6.04 Å². The van der Waals surface area contributed by atoms with Gasteiger partial charge in [0, 0.05) is 14.1 Å². The number of carbonyl (C=O) groups is 3. The number of ether oxygens (including phenoxy) is 1. The number of benzene rings is 1. The first-order valence-corrected chi connectivity index (χ1v) is 7.93. The van der Waals surface area contributed by atoms with Crippen molar-refractivity contribution in [2.75, 3.05) is 27.2 Å². The molecule has 2 aliphatic heterocycles. The summed E-state index contributed by atoms with van der Waals surface area (Å²) in [5.41, 5.74) is 1.06. The van der Waals surface area contributed by atoms with Gasteiger partial charge in [-0.25, -0.2) is 4.79 Å². The van der Waals surface area contributed by atoms with Gasteiger partial charge in [-0.2, -0.15) is 0 Å². The highest BCUT2D eigenvalue weighted by molar-refractivity contribution is 6.05. The SMILES string of the molecule is Cc1ccccc1OC1CN(C(=O)C[C@@H]2C(=O)N(C)C(=O)N2C)C1. The minimum atomic E-state index is -0.702. The minimum absolute atomic E-state index is 0.0164. The van der Waals surface area contributed by atoms with Gasteiger partial charge in [-0.1, -0.05) is 18.2 Å². The maximum absolute atomic E-state index is 12.3. The molecule has 2 saturated heterocycles. The van der Waals surface area contributed by atoms with E-state index in [1.54, 1.807) is 11.9 Å². The minimum Gasteiger partial charge on any atom is -0.486 e. The lowest BCUT2D eigenvalue weighted by Crippen LogP contribution is -2.57. The Balaban J connectivity index is 1.51. The summed E-state index contributed by atoms with van der Waals surface area (Å²) in [6, 6.07) is 6.68. The van der Waals surface area contributed by atoms with Crippen molar-refractivity contribution in [3.05, 3.63) is 29.8 Å². The second kappa shape index (κ2) is 6.14. The van der Waals surface area contributed by atoms with Crippen LogP contribution >= 0.6 is 0 Å². The van der Waals surface area contributed by atoms with Crippen LogP contribution < -0.4 is 4.74 Å². The monoisotopic (exact) mass is 331 g/mol. The van der Waals surface area contributed by atoms with Crippen LogP contribution in [0, 0.1) is 6.92 Å². The molecular formula is C17H21N3O4. The lowest BCUT2D eigenvalue weighted by Gasteiger charge is -2.39. The van der Waals surface area contributed by atoms with Crippen molar-refractivity contribution in [1.29, 1.82) is 0 Å². The van der Waals surface area contributed by atoms with Crippen molar-refractivity contribution >= 4 is 17.8 Å². The van der Waals surface area contributed by atoms with Gasteiger partial charge in [-0.15, -0.1) is 0 Å². The number of nitrogens with zero attached hydrogens (tertiary/aromatic N) is 3. The van der Waals surface area contributed by atoms with Gasteiger partial charge in [-0.05, 0) is 18.6 Å². The standard InChI is InChI=1S/C17H21N3O4/c1-11-6-4-5-7-14(11)24-12-9-20(10-12)15(21)8-13-16(22)19(3)17(23)18(13)2/h4-7,12-13H,8-10H2,1-3H3/t13-/m1/s1. The van der Waals surface area contributed by atoms with Gasteiger partial charge in [0.25, 0.3) is 5.91 Å². The third-order valence-electron chi connectivity index (χ3n) is 4.63. The molecule has 24 heavy (non-hydrogen) atoms. The van der Waals surface area contributed by atoms with Gasteiger partial charge in [0.2, 0.25) is 5.91 Å².